The molecule has 0 heterocycles. The van der Waals surface area contributed by atoms with Crippen LogP contribution in [0.5, 0.6) is 0 Å². The minimum Gasteiger partial charge on any atom is -0.0804 e. The molecule has 0 saturated heterocycles. The van der Waals surface area contributed by atoms with E-state index in [1.165, 1.54) is 5.57 Å². The number of hydrogen-bond acceptors (Lipinski definition) is 0. The second-order valence-electron chi connectivity index (χ2n) is 4.39. The Morgan fingerprint density at radius 3 is 2.77 bits per heavy atom. The van der Waals surface area contributed by atoms with Crippen LogP contribution in [0.3, 0.4) is 0 Å². The molecule has 0 spiro atoms. The molecule has 0 amide bonds. The van der Waals surface area contributed by atoms with Crippen molar-refractivity contribution in [2.75, 3.05) is 0 Å². The van der Waals surface area contributed by atoms with Gasteiger partial charge >= 0.3 is 0 Å². The third kappa shape index (κ3) is 1.53. The molecule has 0 saturated carbocycles. The molecule has 0 aromatic heterocycles. The predicted octanol–water partition coefficient (Wildman–Crippen LogP) is 3.64. The molecule has 0 radical (unpaired) electrons. The molecule has 0 nitrogen and oxygen atoms in total. The summed E-state index contributed by atoms with van der Waals surface area (Å²) in [5, 5.41) is 0. The van der Waals surface area contributed by atoms with Crippen molar-refractivity contribution in [3.8, 4) is 0 Å². The van der Waals surface area contributed by atoms with E-state index in [0.29, 0.717) is 5.92 Å². The first-order valence-electron chi connectivity index (χ1n) is 4.93. The largest absolute Gasteiger partial charge is 0.0804 e. The van der Waals surface area contributed by atoms with Gasteiger partial charge in [-0.05, 0) is 17.4 Å². The van der Waals surface area contributed by atoms with E-state index in [-0.39, 0.29) is 5.41 Å². The van der Waals surface area contributed by atoms with Crippen LogP contribution < -0.4 is 0 Å². The van der Waals surface area contributed by atoms with E-state index in [4.69, 9.17) is 0 Å². The van der Waals surface area contributed by atoms with Crippen molar-refractivity contribution in [1.82, 2.24) is 0 Å². The Bertz CT molecular complexity index is 311. The Kier molecular flexibility index (Phi) is 1.99. The van der Waals surface area contributed by atoms with Crippen molar-refractivity contribution < 1.29 is 0 Å². The van der Waals surface area contributed by atoms with Gasteiger partial charge in [-0.2, -0.15) is 0 Å². The molecule has 0 fully saturated rings. The predicted molar refractivity (Wildman–Crippen MR) is 57.4 cm³/mol. The van der Waals surface area contributed by atoms with Crippen LogP contribution in [0.15, 0.2) is 48.1 Å². The van der Waals surface area contributed by atoms with E-state index in [2.05, 4.69) is 56.4 Å². The topological polar surface area (TPSA) is 0 Å². The van der Waals surface area contributed by atoms with Crippen molar-refractivity contribution in [3.05, 3.63) is 48.1 Å². The van der Waals surface area contributed by atoms with Gasteiger partial charge in [0, 0.05) is 5.92 Å². The lowest BCUT2D eigenvalue weighted by Gasteiger charge is -2.32. The highest BCUT2D eigenvalue weighted by atomic mass is 14.3. The number of rotatable bonds is 1. The van der Waals surface area contributed by atoms with Crippen LogP contribution in [0, 0.1) is 11.3 Å². The van der Waals surface area contributed by atoms with Gasteiger partial charge in [0.25, 0.3) is 0 Å². The first-order valence-corrected chi connectivity index (χ1v) is 4.93. The van der Waals surface area contributed by atoms with Gasteiger partial charge in [0.05, 0.1) is 0 Å². The lowest BCUT2D eigenvalue weighted by molar-refractivity contribution is 0.387. The Hall–Kier alpha value is -1.04. The molecule has 2 aliphatic carbocycles. The fourth-order valence-electron chi connectivity index (χ4n) is 2.08. The van der Waals surface area contributed by atoms with Crippen LogP contribution in [-0.4, -0.2) is 0 Å². The average Bonchev–Trinajstić information content (AvgIpc) is 2.55. The lowest BCUT2D eigenvalue weighted by atomic mass is 9.72. The molecule has 0 aliphatic heterocycles. The summed E-state index contributed by atoms with van der Waals surface area (Å²) in [5.74, 6) is 0.566. The highest BCUT2D eigenvalue weighted by molar-refractivity contribution is 5.36. The second kappa shape index (κ2) is 3.02. The van der Waals surface area contributed by atoms with Crippen LogP contribution >= 0.6 is 0 Å². The van der Waals surface area contributed by atoms with Crippen molar-refractivity contribution in [2.24, 2.45) is 11.3 Å². The molecule has 2 rings (SSSR count). The monoisotopic (exact) mass is 172 g/mol. The molecular weight excluding hydrogens is 156 g/mol. The summed E-state index contributed by atoms with van der Waals surface area (Å²) >= 11 is 0. The zero-order valence-electron chi connectivity index (χ0n) is 8.33. The summed E-state index contributed by atoms with van der Waals surface area (Å²) < 4.78 is 0. The van der Waals surface area contributed by atoms with E-state index in [1.807, 2.05) is 0 Å². The zero-order chi connectivity index (χ0) is 9.31. The molecule has 2 aliphatic rings. The summed E-state index contributed by atoms with van der Waals surface area (Å²) in [7, 11) is 0. The highest BCUT2D eigenvalue weighted by Gasteiger charge is 2.28. The first-order chi connectivity index (χ1) is 6.20. The normalized spacial score (nSPS) is 29.4. The SMILES string of the molecule is CC1(C)C=CC=CC1C1=CCC=C1. The molecule has 13 heavy (non-hydrogen) atoms. The van der Waals surface area contributed by atoms with Crippen molar-refractivity contribution in [3.63, 3.8) is 0 Å². The van der Waals surface area contributed by atoms with Gasteiger partial charge in [-0.25, -0.2) is 0 Å². The fourth-order valence-corrected chi connectivity index (χ4v) is 2.08. The molecule has 0 bridgehead atoms. The Labute approximate surface area is 80.3 Å². The second-order valence-corrected chi connectivity index (χ2v) is 4.39. The van der Waals surface area contributed by atoms with Crippen molar-refractivity contribution in [1.29, 1.82) is 0 Å². The summed E-state index contributed by atoms with van der Waals surface area (Å²) in [4.78, 5) is 0. The van der Waals surface area contributed by atoms with E-state index < -0.39 is 0 Å². The highest BCUT2D eigenvalue weighted by Crippen LogP contribution is 2.39. The molecule has 0 aromatic carbocycles. The van der Waals surface area contributed by atoms with Crippen LogP contribution in [0.4, 0.5) is 0 Å². The first kappa shape index (κ1) is 8.55. The minimum absolute atomic E-state index is 0.273. The maximum absolute atomic E-state index is 2.33. The Morgan fingerprint density at radius 2 is 2.15 bits per heavy atom. The zero-order valence-corrected chi connectivity index (χ0v) is 8.33. The van der Waals surface area contributed by atoms with Crippen LogP contribution in [0.25, 0.3) is 0 Å². The maximum atomic E-state index is 2.33. The Balaban J connectivity index is 2.28. The van der Waals surface area contributed by atoms with Gasteiger partial charge < -0.3 is 0 Å². The summed E-state index contributed by atoms with van der Waals surface area (Å²) in [5.41, 5.74) is 1.75. The quantitative estimate of drug-likeness (QED) is 0.566. The van der Waals surface area contributed by atoms with Crippen LogP contribution in [0.1, 0.15) is 20.3 Å². The van der Waals surface area contributed by atoms with Crippen molar-refractivity contribution >= 4 is 0 Å². The molecule has 0 N–H and O–H groups in total. The molecule has 0 aromatic rings. The number of allylic oxidation sites excluding steroid dienone is 8. The molecule has 1 unspecified atom stereocenters. The standard InChI is InChI=1S/C13H16/c1-13(2)10-6-5-9-12(13)11-7-3-4-8-11/h3,5-10,12H,4H2,1-2H3. The molecule has 0 heteroatoms. The van der Waals surface area contributed by atoms with E-state index >= 15 is 0 Å². The minimum atomic E-state index is 0.273. The van der Waals surface area contributed by atoms with Gasteiger partial charge in [-0.3, -0.25) is 0 Å². The Morgan fingerprint density at radius 1 is 1.31 bits per heavy atom. The van der Waals surface area contributed by atoms with E-state index in [9.17, 15) is 0 Å². The average molecular weight is 172 g/mol. The fraction of sp³-hybridized carbons (Fsp3) is 0.385. The molecule has 68 valence electrons. The maximum Gasteiger partial charge on any atom is 0.0104 e. The number of hydrogen-bond donors (Lipinski definition) is 0. The van der Waals surface area contributed by atoms with Gasteiger partial charge in [-0.1, -0.05) is 56.4 Å². The van der Waals surface area contributed by atoms with Crippen LogP contribution in [0.2, 0.25) is 0 Å². The summed E-state index contributed by atoms with van der Waals surface area (Å²) in [6, 6.07) is 0. The smallest absolute Gasteiger partial charge is 0.0104 e. The summed E-state index contributed by atoms with van der Waals surface area (Å²) in [6.07, 6.45) is 16.8. The van der Waals surface area contributed by atoms with Crippen molar-refractivity contribution in [2.45, 2.75) is 20.3 Å². The molecular formula is C13H16. The van der Waals surface area contributed by atoms with Crippen LogP contribution in [-0.2, 0) is 0 Å². The lowest BCUT2D eigenvalue weighted by Crippen LogP contribution is -2.22. The van der Waals surface area contributed by atoms with E-state index in [1.54, 1.807) is 0 Å². The van der Waals surface area contributed by atoms with Gasteiger partial charge in [0.1, 0.15) is 0 Å². The summed E-state index contributed by atoms with van der Waals surface area (Å²) in [6.45, 7) is 4.59. The van der Waals surface area contributed by atoms with Gasteiger partial charge in [0.2, 0.25) is 0 Å². The van der Waals surface area contributed by atoms with Gasteiger partial charge in [-0.15, -0.1) is 0 Å². The van der Waals surface area contributed by atoms with E-state index in [0.717, 1.165) is 6.42 Å². The van der Waals surface area contributed by atoms with Gasteiger partial charge in [0.15, 0.2) is 0 Å². The third-order valence-corrected chi connectivity index (χ3v) is 2.90. The third-order valence-electron chi connectivity index (χ3n) is 2.90. The molecule has 1 atom stereocenters.